The van der Waals surface area contributed by atoms with Gasteiger partial charge in [0.1, 0.15) is 0 Å². The van der Waals surface area contributed by atoms with Gasteiger partial charge < -0.3 is 0 Å². The Bertz CT molecular complexity index is 395. The summed E-state index contributed by atoms with van der Waals surface area (Å²) in [7, 11) is -3.18. The molecule has 0 unspecified atom stereocenters. The van der Waals surface area contributed by atoms with Crippen LogP contribution in [0.15, 0.2) is 24.5 Å². The van der Waals surface area contributed by atoms with Crippen molar-refractivity contribution in [3.63, 3.8) is 0 Å². The molecule has 0 saturated carbocycles. The van der Waals surface area contributed by atoms with Crippen LogP contribution in [0.5, 0.6) is 0 Å². The lowest BCUT2D eigenvalue weighted by Gasteiger charge is -2.05. The molecule has 0 radical (unpaired) electrons. The van der Waals surface area contributed by atoms with Crippen molar-refractivity contribution in [1.82, 2.24) is 9.71 Å². The quantitative estimate of drug-likeness (QED) is 0.599. The number of pyridine rings is 1. The van der Waals surface area contributed by atoms with Crippen molar-refractivity contribution in [3.05, 3.63) is 30.1 Å². The molecule has 6 heteroatoms. The molecule has 1 N–H and O–H groups in total. The number of nitrogens with one attached hydrogen (secondary N) is 1. The van der Waals surface area contributed by atoms with Gasteiger partial charge in [-0.05, 0) is 30.5 Å². The number of nitrogens with zero attached hydrogens (tertiary/aromatic N) is 1. The van der Waals surface area contributed by atoms with Crippen LogP contribution in [-0.4, -0.2) is 25.0 Å². The molecule has 1 heterocycles. The van der Waals surface area contributed by atoms with E-state index in [-0.39, 0.29) is 5.75 Å². The van der Waals surface area contributed by atoms with E-state index in [9.17, 15) is 8.42 Å². The molecule has 0 bridgehead atoms. The average Bonchev–Trinajstić information content (AvgIpc) is 2.28. The molecule has 0 saturated heterocycles. The number of hydrogen-bond acceptors (Lipinski definition) is 3. The van der Waals surface area contributed by atoms with Crippen LogP contribution in [0.3, 0.4) is 0 Å². The van der Waals surface area contributed by atoms with Gasteiger partial charge in [-0.25, -0.2) is 13.1 Å². The maximum Gasteiger partial charge on any atom is 0.211 e. The summed E-state index contributed by atoms with van der Waals surface area (Å²) < 4.78 is 25.6. The number of sulfonamides is 1. The van der Waals surface area contributed by atoms with Crippen molar-refractivity contribution in [3.8, 4) is 0 Å². The van der Waals surface area contributed by atoms with Crippen LogP contribution in [0.1, 0.15) is 18.4 Å². The second kappa shape index (κ2) is 6.83. The second-order valence-corrected chi connectivity index (χ2v) is 5.70. The van der Waals surface area contributed by atoms with Gasteiger partial charge in [0.15, 0.2) is 0 Å². The third kappa shape index (κ3) is 5.44. The summed E-state index contributed by atoms with van der Waals surface area (Å²) in [4.78, 5) is 3.86. The highest BCUT2D eigenvalue weighted by molar-refractivity contribution is 7.89. The second-order valence-electron chi connectivity index (χ2n) is 3.39. The average molecular weight is 263 g/mol. The van der Waals surface area contributed by atoms with E-state index in [1.165, 1.54) is 0 Å². The molecule has 0 fully saturated rings. The highest BCUT2D eigenvalue weighted by Crippen LogP contribution is 2.00. The van der Waals surface area contributed by atoms with Gasteiger partial charge in [0.25, 0.3) is 0 Å². The van der Waals surface area contributed by atoms with Gasteiger partial charge in [-0.15, -0.1) is 11.6 Å². The first-order valence-electron chi connectivity index (χ1n) is 5.06. The summed E-state index contributed by atoms with van der Waals surface area (Å²) in [6.07, 6.45) is 4.58. The summed E-state index contributed by atoms with van der Waals surface area (Å²) in [5.74, 6) is 0.630. The van der Waals surface area contributed by atoms with Crippen LogP contribution in [0.25, 0.3) is 0 Å². The maximum atomic E-state index is 11.5. The normalized spacial score (nSPS) is 11.6. The smallest absolute Gasteiger partial charge is 0.211 e. The van der Waals surface area contributed by atoms with Gasteiger partial charge in [0.2, 0.25) is 10.0 Å². The molecule has 0 aliphatic rings. The Morgan fingerprint density at radius 2 is 1.94 bits per heavy atom. The number of rotatable bonds is 7. The zero-order valence-electron chi connectivity index (χ0n) is 8.89. The number of unbranched alkanes of at least 4 members (excludes halogenated alkanes) is 1. The summed E-state index contributed by atoms with van der Waals surface area (Å²) in [6.45, 7) is 0.311. The predicted octanol–water partition coefficient (Wildman–Crippen LogP) is 1.52. The van der Waals surface area contributed by atoms with Gasteiger partial charge >= 0.3 is 0 Å². The van der Waals surface area contributed by atoms with Gasteiger partial charge in [-0.3, -0.25) is 4.98 Å². The Hall–Kier alpha value is -0.650. The molecule has 4 nitrogen and oxygen atoms in total. The lowest BCUT2D eigenvalue weighted by Crippen LogP contribution is -2.25. The van der Waals surface area contributed by atoms with Crippen LogP contribution in [-0.2, 0) is 16.6 Å². The fourth-order valence-corrected chi connectivity index (χ4v) is 2.46. The zero-order chi connectivity index (χ0) is 11.9. The first-order chi connectivity index (χ1) is 7.64. The summed E-state index contributed by atoms with van der Waals surface area (Å²) >= 11 is 5.48. The number of hydrogen-bond donors (Lipinski definition) is 1. The van der Waals surface area contributed by atoms with Crippen molar-refractivity contribution >= 4 is 21.6 Å². The monoisotopic (exact) mass is 262 g/mol. The number of aromatic nitrogens is 1. The third-order valence-electron chi connectivity index (χ3n) is 2.04. The molecule has 1 rings (SSSR count). The van der Waals surface area contributed by atoms with E-state index in [1.807, 2.05) is 0 Å². The molecule has 0 amide bonds. The van der Waals surface area contributed by atoms with E-state index in [4.69, 9.17) is 11.6 Å². The van der Waals surface area contributed by atoms with Crippen LogP contribution in [0, 0.1) is 0 Å². The van der Waals surface area contributed by atoms with E-state index >= 15 is 0 Å². The molecule has 16 heavy (non-hydrogen) atoms. The predicted molar refractivity (Wildman–Crippen MR) is 64.8 cm³/mol. The minimum Gasteiger partial charge on any atom is -0.265 e. The maximum absolute atomic E-state index is 11.5. The molecule has 0 aliphatic heterocycles. The molecule has 1 aromatic heterocycles. The lowest BCUT2D eigenvalue weighted by atomic mass is 10.3. The third-order valence-corrected chi connectivity index (χ3v) is 3.72. The number of halogens is 1. The molecule has 0 aromatic carbocycles. The van der Waals surface area contributed by atoms with E-state index in [0.29, 0.717) is 18.8 Å². The van der Waals surface area contributed by atoms with Gasteiger partial charge in [-0.2, -0.15) is 0 Å². The lowest BCUT2D eigenvalue weighted by molar-refractivity contribution is 0.578. The molecular weight excluding hydrogens is 248 g/mol. The molecular formula is C10H15ClN2O2S. The summed E-state index contributed by atoms with van der Waals surface area (Å²) in [5, 5.41) is 0. The van der Waals surface area contributed by atoms with Crippen LogP contribution in [0.4, 0.5) is 0 Å². The number of alkyl halides is 1. The first-order valence-corrected chi connectivity index (χ1v) is 7.25. The van der Waals surface area contributed by atoms with Crippen molar-refractivity contribution in [1.29, 1.82) is 0 Å². The van der Waals surface area contributed by atoms with Crippen molar-refractivity contribution in [2.75, 3.05) is 11.6 Å². The fourth-order valence-electron chi connectivity index (χ4n) is 1.15. The Labute approximate surface area is 101 Å². The molecule has 0 spiro atoms. The van der Waals surface area contributed by atoms with Crippen LogP contribution < -0.4 is 4.72 Å². The van der Waals surface area contributed by atoms with E-state index in [0.717, 1.165) is 12.0 Å². The molecule has 0 atom stereocenters. The van der Waals surface area contributed by atoms with Crippen molar-refractivity contribution in [2.45, 2.75) is 19.4 Å². The zero-order valence-corrected chi connectivity index (χ0v) is 10.5. The SMILES string of the molecule is O=S(=O)(CCCCCl)NCc1ccncc1. The minimum atomic E-state index is -3.18. The fraction of sp³-hybridized carbons (Fsp3) is 0.500. The Kier molecular flexibility index (Phi) is 5.73. The van der Waals surface area contributed by atoms with Gasteiger partial charge in [0.05, 0.1) is 5.75 Å². The van der Waals surface area contributed by atoms with E-state index in [2.05, 4.69) is 9.71 Å². The standard InChI is InChI=1S/C10H15ClN2O2S/c11-5-1-2-8-16(14,15)13-9-10-3-6-12-7-4-10/h3-4,6-7,13H,1-2,5,8-9H2. The summed E-state index contributed by atoms with van der Waals surface area (Å²) in [6, 6.07) is 3.56. The molecule has 1 aromatic rings. The highest BCUT2D eigenvalue weighted by atomic mass is 35.5. The Balaban J connectivity index is 2.36. The van der Waals surface area contributed by atoms with Gasteiger partial charge in [-0.1, -0.05) is 0 Å². The van der Waals surface area contributed by atoms with E-state index in [1.54, 1.807) is 24.5 Å². The van der Waals surface area contributed by atoms with E-state index < -0.39 is 10.0 Å². The Morgan fingerprint density at radius 1 is 1.25 bits per heavy atom. The van der Waals surface area contributed by atoms with Gasteiger partial charge in [0, 0.05) is 24.8 Å². The first kappa shape index (κ1) is 13.4. The highest BCUT2D eigenvalue weighted by Gasteiger charge is 2.08. The van der Waals surface area contributed by atoms with Crippen molar-refractivity contribution < 1.29 is 8.42 Å². The molecule has 90 valence electrons. The minimum absolute atomic E-state index is 0.130. The van der Waals surface area contributed by atoms with Crippen LogP contribution >= 0.6 is 11.6 Å². The summed E-state index contributed by atoms with van der Waals surface area (Å²) in [5.41, 5.74) is 0.899. The largest absolute Gasteiger partial charge is 0.265 e. The molecule has 0 aliphatic carbocycles. The Morgan fingerprint density at radius 3 is 2.56 bits per heavy atom. The van der Waals surface area contributed by atoms with Crippen molar-refractivity contribution in [2.24, 2.45) is 0 Å². The topological polar surface area (TPSA) is 59.1 Å². The van der Waals surface area contributed by atoms with Crippen LogP contribution in [0.2, 0.25) is 0 Å².